The van der Waals surface area contributed by atoms with Crippen LogP contribution in [0.25, 0.3) is 0 Å². The number of hydrogen-bond donors (Lipinski definition) is 3. The first kappa shape index (κ1) is 42.9. The number of benzene rings is 1. The molecule has 0 unspecified atom stereocenters. The highest BCUT2D eigenvalue weighted by molar-refractivity contribution is 7.99. The first-order valence-electron chi connectivity index (χ1n) is 14.9. The summed E-state index contributed by atoms with van der Waals surface area (Å²) in [6.45, 7) is -0.0131. The van der Waals surface area contributed by atoms with Crippen LogP contribution in [-0.4, -0.2) is 76.0 Å². The molecule has 18 heteroatoms. The molecular weight excluding hydrogens is 709 g/mol. The molecule has 0 fully saturated rings. The summed E-state index contributed by atoms with van der Waals surface area (Å²) in [5, 5.41) is 0. The van der Waals surface area contributed by atoms with Gasteiger partial charge in [0.1, 0.15) is 0 Å². The summed E-state index contributed by atoms with van der Waals surface area (Å²) in [7, 11) is -13.1. The topological polar surface area (TPSA) is 191 Å². The molecule has 0 aromatic heterocycles. The number of unbranched alkanes of at least 4 members (excludes halogenated alkanes) is 9. The molecule has 0 aliphatic carbocycles. The van der Waals surface area contributed by atoms with Crippen molar-refractivity contribution in [1.82, 2.24) is 0 Å². The van der Waals surface area contributed by atoms with Gasteiger partial charge in [-0.05, 0) is 72.5 Å². The minimum Gasteiger partial charge on any atom is -0.264 e. The molecule has 0 saturated carbocycles. The maximum absolute atomic E-state index is 10.6. The molecule has 1 rings (SSSR count). The third-order valence-electron chi connectivity index (χ3n) is 6.16. The Labute approximate surface area is 282 Å². The summed E-state index contributed by atoms with van der Waals surface area (Å²) in [6.07, 6.45) is 10.2. The van der Waals surface area contributed by atoms with Crippen molar-refractivity contribution in [3.8, 4) is 0 Å². The molecule has 0 bridgehead atoms. The van der Waals surface area contributed by atoms with Crippen LogP contribution in [0.3, 0.4) is 0 Å². The van der Waals surface area contributed by atoms with Gasteiger partial charge >= 0.3 is 31.2 Å². The lowest BCUT2D eigenvalue weighted by molar-refractivity contribution is 0.260. The molecule has 3 N–H and O–H groups in total. The minimum absolute atomic E-state index is 0.00437. The zero-order chi connectivity index (χ0) is 33.4. The van der Waals surface area contributed by atoms with Gasteiger partial charge in [-0.15, -0.1) is 0 Å². The van der Waals surface area contributed by atoms with E-state index in [-0.39, 0.29) is 19.8 Å². The van der Waals surface area contributed by atoms with Crippen molar-refractivity contribution in [3.05, 3.63) is 34.9 Å². The quantitative estimate of drug-likeness (QED) is 0.0567. The van der Waals surface area contributed by atoms with Gasteiger partial charge in [-0.2, -0.15) is 60.5 Å². The van der Waals surface area contributed by atoms with Crippen LogP contribution in [0.15, 0.2) is 18.2 Å². The Hall–Kier alpha value is -0.120. The zero-order valence-electron chi connectivity index (χ0n) is 25.5. The van der Waals surface area contributed by atoms with E-state index in [0.717, 1.165) is 92.3 Å². The first-order valence-corrected chi connectivity index (χ1v) is 22.5. The van der Waals surface area contributed by atoms with Crippen LogP contribution < -0.4 is 0 Å². The molecule has 0 atom stereocenters. The van der Waals surface area contributed by atoms with Gasteiger partial charge in [0.2, 0.25) is 0 Å². The van der Waals surface area contributed by atoms with E-state index in [1.165, 1.54) is 16.7 Å². The van der Waals surface area contributed by atoms with Gasteiger partial charge in [-0.25, -0.2) is 12.5 Å². The van der Waals surface area contributed by atoms with Crippen LogP contribution in [0, 0.1) is 0 Å². The van der Waals surface area contributed by atoms with Crippen LogP contribution in [0.2, 0.25) is 0 Å². The van der Waals surface area contributed by atoms with Gasteiger partial charge < -0.3 is 0 Å². The Bertz CT molecular complexity index is 1080. The van der Waals surface area contributed by atoms with Crippen molar-refractivity contribution >= 4 is 66.5 Å². The molecule has 0 spiro atoms. The lowest BCUT2D eigenvalue weighted by atomic mass is 10.1. The fourth-order valence-electron chi connectivity index (χ4n) is 4.13. The molecule has 1 aromatic carbocycles. The van der Waals surface area contributed by atoms with Crippen molar-refractivity contribution in [3.63, 3.8) is 0 Å². The highest BCUT2D eigenvalue weighted by Gasteiger charge is 2.07. The predicted octanol–water partition coefficient (Wildman–Crippen LogP) is 6.53. The van der Waals surface area contributed by atoms with Crippen LogP contribution in [-0.2, 0) is 61.0 Å². The minimum atomic E-state index is -4.36. The van der Waals surface area contributed by atoms with E-state index >= 15 is 0 Å². The molecule has 0 heterocycles. The maximum atomic E-state index is 10.6. The summed E-state index contributed by atoms with van der Waals surface area (Å²) in [5.74, 6) is 5.68. The van der Waals surface area contributed by atoms with E-state index in [2.05, 4.69) is 30.7 Å². The number of hydrogen-bond acceptors (Lipinski definition) is 12. The van der Waals surface area contributed by atoms with Gasteiger partial charge in [-0.3, -0.25) is 13.7 Å². The third-order valence-corrected chi connectivity index (χ3v) is 10.9. The average molecular weight is 757 g/mol. The highest BCUT2D eigenvalue weighted by atomic mass is 32.3. The lowest BCUT2D eigenvalue weighted by Crippen LogP contribution is -2.04. The fourth-order valence-corrected chi connectivity index (χ4v) is 7.98. The van der Waals surface area contributed by atoms with Crippen LogP contribution in [0.1, 0.15) is 93.7 Å². The first-order chi connectivity index (χ1) is 21.2. The molecule has 0 aliphatic heterocycles. The second-order valence-electron chi connectivity index (χ2n) is 10.3. The average Bonchev–Trinajstić information content (AvgIpc) is 2.92. The molecular formula is C27H48O12S6. The smallest absolute Gasteiger partial charge is 0.264 e. The van der Waals surface area contributed by atoms with Crippen molar-refractivity contribution in [2.24, 2.45) is 0 Å². The SMILES string of the molecule is O=S(=O)(O)OCCCCCCSCc1cc(CSCCCCCCOS(=O)(=O)O)cc(CSCCCCCCOS(=O)(=O)O)c1. The van der Waals surface area contributed by atoms with Gasteiger partial charge in [0, 0.05) is 17.3 Å². The largest absolute Gasteiger partial charge is 0.397 e. The monoisotopic (exact) mass is 756 g/mol. The van der Waals surface area contributed by atoms with E-state index in [0.29, 0.717) is 19.3 Å². The molecule has 0 aliphatic rings. The van der Waals surface area contributed by atoms with Crippen molar-refractivity contribution in [2.75, 3.05) is 37.1 Å². The zero-order valence-corrected chi connectivity index (χ0v) is 30.4. The summed E-state index contributed by atoms with van der Waals surface area (Å²) in [6, 6.07) is 6.80. The van der Waals surface area contributed by atoms with E-state index in [4.69, 9.17) is 13.7 Å². The predicted molar refractivity (Wildman–Crippen MR) is 183 cm³/mol. The van der Waals surface area contributed by atoms with Crippen LogP contribution in [0.5, 0.6) is 0 Å². The highest BCUT2D eigenvalue weighted by Crippen LogP contribution is 2.24. The number of thioether (sulfide) groups is 3. The van der Waals surface area contributed by atoms with Gasteiger partial charge in [0.05, 0.1) is 19.8 Å². The van der Waals surface area contributed by atoms with Crippen molar-refractivity contribution in [1.29, 1.82) is 0 Å². The summed E-state index contributed by atoms with van der Waals surface area (Å²) in [4.78, 5) is 0. The lowest BCUT2D eigenvalue weighted by Gasteiger charge is -2.11. The number of rotatable bonds is 30. The van der Waals surface area contributed by atoms with Gasteiger partial charge in [0.15, 0.2) is 0 Å². The third kappa shape index (κ3) is 29.7. The van der Waals surface area contributed by atoms with Crippen LogP contribution in [0.4, 0.5) is 0 Å². The Kier molecular flexibility index (Phi) is 23.8. The van der Waals surface area contributed by atoms with Crippen LogP contribution >= 0.6 is 35.3 Å². The summed E-state index contributed by atoms with van der Waals surface area (Å²) >= 11 is 5.61. The van der Waals surface area contributed by atoms with Gasteiger partial charge in [-0.1, -0.05) is 56.7 Å². The fraction of sp³-hybridized carbons (Fsp3) is 0.778. The second-order valence-corrected chi connectivity index (χ2v) is 16.9. The second kappa shape index (κ2) is 24.9. The van der Waals surface area contributed by atoms with E-state index < -0.39 is 31.2 Å². The molecule has 0 saturated heterocycles. The van der Waals surface area contributed by atoms with Crippen molar-refractivity contribution in [2.45, 2.75) is 94.3 Å². The normalized spacial score (nSPS) is 12.6. The molecule has 1 aromatic rings. The Balaban J connectivity index is 2.43. The van der Waals surface area contributed by atoms with Gasteiger partial charge in [0.25, 0.3) is 0 Å². The molecule has 264 valence electrons. The van der Waals surface area contributed by atoms with E-state index in [9.17, 15) is 25.3 Å². The Morgan fingerprint density at radius 2 is 0.667 bits per heavy atom. The molecule has 0 amide bonds. The van der Waals surface area contributed by atoms with E-state index in [1.807, 2.05) is 35.3 Å². The molecule has 0 radical (unpaired) electrons. The standard InChI is InChI=1S/C27H48O12S6/c28-43(29,30)37-13-7-1-4-10-16-40-22-25-19-26(23-41-17-11-5-2-8-14-38-44(31,32)33)21-27(20-25)24-42-18-12-6-3-9-15-39-45(34,35)36/h19-21H,1-18,22-24H2,(H,28,29,30)(H,31,32,33)(H,34,35,36). The summed E-state index contributed by atoms with van der Waals surface area (Å²) in [5.41, 5.74) is 3.86. The molecule has 12 nitrogen and oxygen atoms in total. The van der Waals surface area contributed by atoms with E-state index in [1.54, 1.807) is 0 Å². The molecule has 45 heavy (non-hydrogen) atoms. The Morgan fingerprint density at radius 3 is 0.911 bits per heavy atom. The van der Waals surface area contributed by atoms with Crippen molar-refractivity contribution < 1.29 is 51.5 Å². The maximum Gasteiger partial charge on any atom is 0.397 e. The summed E-state index contributed by atoms with van der Waals surface area (Å²) < 4.78 is 102. The Morgan fingerprint density at radius 1 is 0.422 bits per heavy atom.